The van der Waals surface area contributed by atoms with Gasteiger partial charge >= 0.3 is 0 Å². The first-order valence-electron chi connectivity index (χ1n) is 7.16. The lowest BCUT2D eigenvalue weighted by molar-refractivity contribution is 0.180. The van der Waals surface area contributed by atoms with Crippen LogP contribution in [-0.2, 0) is 14.8 Å². The number of nitrogens with zero attached hydrogens (tertiary/aromatic N) is 1. The molecule has 21 heavy (non-hydrogen) atoms. The normalized spacial score (nSPS) is 22.8. The molecule has 116 valence electrons. The second-order valence-corrected chi connectivity index (χ2v) is 7.65. The minimum Gasteiger partial charge on any atom is -0.506 e. The summed E-state index contributed by atoms with van der Waals surface area (Å²) in [6.45, 7) is 1.82. The molecule has 1 heterocycles. The van der Waals surface area contributed by atoms with Crippen LogP contribution in [0.25, 0.3) is 0 Å². The van der Waals surface area contributed by atoms with Gasteiger partial charge < -0.3 is 15.6 Å². The third-order valence-corrected chi connectivity index (χ3v) is 5.94. The SMILES string of the molecule is Nc1cc(S(=O)(=O)N(CC2CCOC2)C2CC2)ccc1O. The molecule has 1 atom stereocenters. The van der Waals surface area contributed by atoms with Crippen LogP contribution in [0.4, 0.5) is 5.69 Å². The van der Waals surface area contributed by atoms with Crippen molar-refractivity contribution in [1.82, 2.24) is 4.31 Å². The van der Waals surface area contributed by atoms with Crippen LogP contribution < -0.4 is 5.73 Å². The smallest absolute Gasteiger partial charge is 0.243 e. The van der Waals surface area contributed by atoms with Crippen molar-refractivity contribution in [2.24, 2.45) is 5.92 Å². The summed E-state index contributed by atoms with van der Waals surface area (Å²) >= 11 is 0. The van der Waals surface area contributed by atoms with Crippen LogP contribution in [-0.4, -0.2) is 43.6 Å². The number of phenolic OH excluding ortho intramolecular Hbond substituents is 1. The maximum Gasteiger partial charge on any atom is 0.243 e. The van der Waals surface area contributed by atoms with Gasteiger partial charge in [-0.25, -0.2) is 8.42 Å². The minimum absolute atomic E-state index is 0.0796. The molecule has 1 aliphatic heterocycles. The van der Waals surface area contributed by atoms with Gasteiger partial charge in [0, 0.05) is 19.2 Å². The summed E-state index contributed by atoms with van der Waals surface area (Å²) in [5.41, 5.74) is 5.70. The van der Waals surface area contributed by atoms with Crippen molar-refractivity contribution in [3.63, 3.8) is 0 Å². The average Bonchev–Trinajstić information content (AvgIpc) is 3.15. The molecule has 0 radical (unpaired) electrons. The van der Waals surface area contributed by atoms with Gasteiger partial charge in [-0.3, -0.25) is 0 Å². The molecule has 2 aliphatic rings. The zero-order valence-corrected chi connectivity index (χ0v) is 12.6. The van der Waals surface area contributed by atoms with Crippen molar-refractivity contribution in [3.8, 4) is 5.75 Å². The summed E-state index contributed by atoms with van der Waals surface area (Å²) in [6.07, 6.45) is 2.71. The van der Waals surface area contributed by atoms with Crippen molar-refractivity contribution in [3.05, 3.63) is 18.2 Å². The average molecular weight is 312 g/mol. The number of nitrogen functional groups attached to an aromatic ring is 1. The van der Waals surface area contributed by atoms with E-state index in [4.69, 9.17) is 10.5 Å². The lowest BCUT2D eigenvalue weighted by atomic mass is 10.1. The number of phenols is 1. The first-order valence-corrected chi connectivity index (χ1v) is 8.60. The molecule has 1 saturated carbocycles. The van der Waals surface area contributed by atoms with Gasteiger partial charge in [0.15, 0.2) is 0 Å². The molecular weight excluding hydrogens is 292 g/mol. The molecule has 1 saturated heterocycles. The molecule has 0 spiro atoms. The number of ether oxygens (including phenoxy) is 1. The molecule has 1 aliphatic carbocycles. The maximum atomic E-state index is 12.8. The Morgan fingerprint density at radius 1 is 1.33 bits per heavy atom. The Bertz CT molecular complexity index is 622. The van der Waals surface area contributed by atoms with Gasteiger partial charge in [0.1, 0.15) is 5.75 Å². The van der Waals surface area contributed by atoms with Gasteiger partial charge in [0.2, 0.25) is 10.0 Å². The number of benzene rings is 1. The van der Waals surface area contributed by atoms with Gasteiger partial charge in [-0.05, 0) is 43.4 Å². The van der Waals surface area contributed by atoms with E-state index in [1.54, 1.807) is 4.31 Å². The molecule has 2 fully saturated rings. The highest BCUT2D eigenvalue weighted by Crippen LogP contribution is 2.35. The van der Waals surface area contributed by atoms with Crippen molar-refractivity contribution in [2.75, 3.05) is 25.5 Å². The van der Waals surface area contributed by atoms with Gasteiger partial charge in [0.05, 0.1) is 17.2 Å². The monoisotopic (exact) mass is 312 g/mol. The largest absolute Gasteiger partial charge is 0.506 e. The molecule has 3 N–H and O–H groups in total. The maximum absolute atomic E-state index is 12.8. The van der Waals surface area contributed by atoms with Gasteiger partial charge in [0.25, 0.3) is 0 Å². The topological polar surface area (TPSA) is 92.9 Å². The van der Waals surface area contributed by atoms with Crippen LogP contribution in [0.15, 0.2) is 23.1 Å². The number of anilines is 1. The molecule has 0 bridgehead atoms. The molecule has 1 unspecified atom stereocenters. The predicted molar refractivity (Wildman–Crippen MR) is 78.4 cm³/mol. The van der Waals surface area contributed by atoms with Crippen molar-refractivity contribution >= 4 is 15.7 Å². The molecule has 1 aromatic carbocycles. The zero-order chi connectivity index (χ0) is 15.0. The number of hydrogen-bond donors (Lipinski definition) is 2. The highest BCUT2D eigenvalue weighted by molar-refractivity contribution is 7.89. The van der Waals surface area contributed by atoms with E-state index < -0.39 is 10.0 Å². The highest BCUT2D eigenvalue weighted by atomic mass is 32.2. The van der Waals surface area contributed by atoms with Crippen LogP contribution >= 0.6 is 0 Å². The highest BCUT2D eigenvalue weighted by Gasteiger charge is 2.39. The van der Waals surface area contributed by atoms with Crippen LogP contribution in [0.2, 0.25) is 0 Å². The molecule has 0 aromatic heterocycles. The predicted octanol–water partition coefficient (Wildman–Crippen LogP) is 1.16. The Hall–Kier alpha value is -1.31. The third-order valence-electron chi connectivity index (χ3n) is 4.02. The minimum atomic E-state index is -3.58. The third kappa shape index (κ3) is 3.00. The van der Waals surface area contributed by atoms with E-state index in [1.807, 2.05) is 0 Å². The van der Waals surface area contributed by atoms with Crippen LogP contribution in [0, 0.1) is 5.92 Å². The number of hydrogen-bond acceptors (Lipinski definition) is 5. The van der Waals surface area contributed by atoms with Crippen molar-refractivity contribution < 1.29 is 18.3 Å². The number of aromatic hydroxyl groups is 1. The fourth-order valence-corrected chi connectivity index (χ4v) is 4.41. The Kier molecular flexibility index (Phi) is 3.81. The quantitative estimate of drug-likeness (QED) is 0.629. The van der Waals surface area contributed by atoms with E-state index in [0.29, 0.717) is 19.8 Å². The lowest BCUT2D eigenvalue weighted by Gasteiger charge is -2.24. The first kappa shape index (κ1) is 14.6. The van der Waals surface area contributed by atoms with Gasteiger partial charge in [-0.2, -0.15) is 4.31 Å². The first-order chi connectivity index (χ1) is 9.98. The number of rotatable bonds is 5. The van der Waals surface area contributed by atoms with Crippen molar-refractivity contribution in [1.29, 1.82) is 0 Å². The van der Waals surface area contributed by atoms with E-state index >= 15 is 0 Å². The summed E-state index contributed by atoms with van der Waals surface area (Å²) in [4.78, 5) is 0.142. The van der Waals surface area contributed by atoms with Crippen LogP contribution in [0.5, 0.6) is 5.75 Å². The van der Waals surface area contributed by atoms with E-state index in [0.717, 1.165) is 19.3 Å². The fourth-order valence-electron chi connectivity index (χ4n) is 2.62. The number of nitrogens with two attached hydrogens (primary N) is 1. The second-order valence-electron chi connectivity index (χ2n) is 5.76. The summed E-state index contributed by atoms with van der Waals surface area (Å²) < 4.78 is 32.5. The van der Waals surface area contributed by atoms with Crippen LogP contribution in [0.1, 0.15) is 19.3 Å². The van der Waals surface area contributed by atoms with Crippen LogP contribution in [0.3, 0.4) is 0 Å². The number of sulfonamides is 1. The molecule has 6 nitrogen and oxygen atoms in total. The van der Waals surface area contributed by atoms with E-state index in [9.17, 15) is 13.5 Å². The molecule has 0 amide bonds. The Morgan fingerprint density at radius 3 is 2.67 bits per heavy atom. The van der Waals surface area contributed by atoms with Crippen molar-refractivity contribution in [2.45, 2.75) is 30.2 Å². The standard InChI is InChI=1S/C14H20N2O4S/c15-13-7-12(3-4-14(13)17)21(18,19)16(11-1-2-11)8-10-5-6-20-9-10/h3-4,7,10-11,17H,1-2,5-6,8-9,15H2. The Morgan fingerprint density at radius 2 is 2.10 bits per heavy atom. The summed E-state index contributed by atoms with van der Waals surface area (Å²) in [5.74, 6) is 0.158. The fraction of sp³-hybridized carbons (Fsp3) is 0.571. The Labute approximate surface area is 124 Å². The molecule has 7 heteroatoms. The van der Waals surface area contributed by atoms with E-state index in [2.05, 4.69) is 0 Å². The van der Waals surface area contributed by atoms with E-state index in [-0.39, 0.29) is 28.3 Å². The molecule has 1 aromatic rings. The van der Waals surface area contributed by atoms with Gasteiger partial charge in [-0.1, -0.05) is 0 Å². The summed E-state index contributed by atoms with van der Waals surface area (Å²) in [7, 11) is -3.58. The van der Waals surface area contributed by atoms with Gasteiger partial charge in [-0.15, -0.1) is 0 Å². The molecule has 3 rings (SSSR count). The van der Waals surface area contributed by atoms with E-state index in [1.165, 1.54) is 18.2 Å². The molecular formula is C14H20N2O4S. The summed E-state index contributed by atoms with van der Waals surface area (Å²) in [6, 6.07) is 4.14. The second kappa shape index (κ2) is 5.47. The Balaban J connectivity index is 1.87. The lowest BCUT2D eigenvalue weighted by Crippen LogP contribution is -2.37. The zero-order valence-electron chi connectivity index (χ0n) is 11.7. The summed E-state index contributed by atoms with van der Waals surface area (Å²) in [5, 5.41) is 9.45.